The summed E-state index contributed by atoms with van der Waals surface area (Å²) < 4.78 is 5.53. The summed E-state index contributed by atoms with van der Waals surface area (Å²) in [6, 6.07) is 11.1. The second-order valence-corrected chi connectivity index (χ2v) is 7.74. The van der Waals surface area contributed by atoms with E-state index < -0.39 is 28.2 Å². The van der Waals surface area contributed by atoms with Gasteiger partial charge in [-0.1, -0.05) is 18.2 Å². The Morgan fingerprint density at radius 1 is 1.32 bits per heavy atom. The summed E-state index contributed by atoms with van der Waals surface area (Å²) in [4.78, 5) is 24.1. The van der Waals surface area contributed by atoms with E-state index in [4.69, 9.17) is 27.9 Å². The number of esters is 1. The number of halogens is 2. The Kier molecular flexibility index (Phi) is 4.51. The average Bonchev–Trinajstić information content (AvgIpc) is 2.89. The van der Waals surface area contributed by atoms with Crippen molar-refractivity contribution >= 4 is 40.9 Å². The number of anilines is 1. The molecule has 8 heteroatoms. The minimum atomic E-state index is -1.12. The molecule has 0 bridgehead atoms. The van der Waals surface area contributed by atoms with Crippen LogP contribution in [-0.2, 0) is 14.3 Å². The van der Waals surface area contributed by atoms with E-state index in [0.717, 1.165) is 11.4 Å². The smallest absolute Gasteiger partial charge is 0.315 e. The summed E-state index contributed by atoms with van der Waals surface area (Å²) in [5.74, 6) is -0.559. The second kappa shape index (κ2) is 6.35. The third kappa shape index (κ3) is 3.50. The number of para-hydroxylation sites is 1. The monoisotopic (exact) mass is 381 g/mol. The normalized spacial score (nSPS) is 20.8. The van der Waals surface area contributed by atoms with Gasteiger partial charge in [0.1, 0.15) is 15.6 Å². The highest BCUT2D eigenvalue weighted by Gasteiger charge is 2.69. The SMILES string of the molecule is Cc1cc(NC(=O)COC(=O)[C@]2(C)CC2(Cl)Cl)n(-c2ccccc2)n1. The third-order valence-corrected chi connectivity index (χ3v) is 5.24. The van der Waals surface area contributed by atoms with Gasteiger partial charge >= 0.3 is 5.97 Å². The van der Waals surface area contributed by atoms with Crippen molar-refractivity contribution in [2.75, 3.05) is 11.9 Å². The lowest BCUT2D eigenvalue weighted by Gasteiger charge is -2.12. The van der Waals surface area contributed by atoms with Crippen LogP contribution in [0.3, 0.4) is 0 Å². The molecule has 0 spiro atoms. The summed E-state index contributed by atoms with van der Waals surface area (Å²) in [6.45, 7) is 3.02. The third-order valence-electron chi connectivity index (χ3n) is 4.14. The molecule has 0 radical (unpaired) electrons. The maximum Gasteiger partial charge on any atom is 0.315 e. The summed E-state index contributed by atoms with van der Waals surface area (Å²) in [5.41, 5.74) is 0.594. The van der Waals surface area contributed by atoms with Gasteiger partial charge in [0.2, 0.25) is 0 Å². The summed E-state index contributed by atoms with van der Waals surface area (Å²) in [6.07, 6.45) is 0.309. The quantitative estimate of drug-likeness (QED) is 0.637. The Morgan fingerprint density at radius 3 is 2.56 bits per heavy atom. The number of nitrogens with zero attached hydrogens (tertiary/aromatic N) is 2. The van der Waals surface area contributed by atoms with E-state index >= 15 is 0 Å². The van der Waals surface area contributed by atoms with E-state index in [1.165, 1.54) is 0 Å². The van der Waals surface area contributed by atoms with Crippen LogP contribution in [0, 0.1) is 12.3 Å². The fourth-order valence-corrected chi connectivity index (χ4v) is 3.13. The van der Waals surface area contributed by atoms with Gasteiger partial charge in [0.15, 0.2) is 6.61 Å². The van der Waals surface area contributed by atoms with Crippen LogP contribution in [0.4, 0.5) is 5.82 Å². The summed E-state index contributed by atoms with van der Waals surface area (Å²) >= 11 is 11.9. The number of nitrogens with one attached hydrogen (secondary N) is 1. The molecule has 2 aromatic rings. The number of aryl methyl sites for hydroxylation is 1. The fraction of sp³-hybridized carbons (Fsp3) is 0.353. The lowest BCUT2D eigenvalue weighted by molar-refractivity contribution is -0.152. The van der Waals surface area contributed by atoms with E-state index in [0.29, 0.717) is 12.2 Å². The fourth-order valence-electron chi connectivity index (χ4n) is 2.45. The molecule has 1 atom stereocenters. The van der Waals surface area contributed by atoms with Crippen molar-refractivity contribution in [3.8, 4) is 5.69 Å². The van der Waals surface area contributed by atoms with Crippen LogP contribution in [0.1, 0.15) is 19.0 Å². The molecule has 6 nitrogen and oxygen atoms in total. The molecule has 3 rings (SSSR count). The molecule has 132 valence electrons. The summed E-state index contributed by atoms with van der Waals surface area (Å²) in [7, 11) is 0. The molecule has 1 fully saturated rings. The van der Waals surface area contributed by atoms with Gasteiger partial charge in [-0.2, -0.15) is 5.10 Å². The van der Waals surface area contributed by atoms with E-state index in [2.05, 4.69) is 10.4 Å². The number of alkyl halides is 2. The highest BCUT2D eigenvalue weighted by Crippen LogP contribution is 2.64. The Morgan fingerprint density at radius 2 is 1.96 bits per heavy atom. The number of hydrogen-bond acceptors (Lipinski definition) is 4. The molecule has 1 heterocycles. The van der Waals surface area contributed by atoms with Crippen molar-refractivity contribution in [2.45, 2.75) is 24.6 Å². The Balaban J connectivity index is 1.64. The molecule has 1 aromatic carbocycles. The first-order chi connectivity index (χ1) is 11.7. The maximum absolute atomic E-state index is 12.1. The molecule has 0 unspecified atom stereocenters. The largest absolute Gasteiger partial charge is 0.455 e. The molecule has 0 aliphatic heterocycles. The van der Waals surface area contributed by atoms with Gasteiger partial charge in [0.25, 0.3) is 5.91 Å². The van der Waals surface area contributed by atoms with Gasteiger partial charge in [-0.15, -0.1) is 23.2 Å². The average molecular weight is 382 g/mol. The molecule has 1 saturated carbocycles. The Bertz CT molecular complexity index is 820. The number of ether oxygens (including phenoxy) is 1. The molecule has 1 aliphatic rings. The van der Waals surface area contributed by atoms with Crippen molar-refractivity contribution in [1.82, 2.24) is 9.78 Å². The Hall–Kier alpha value is -2.05. The molecule has 1 N–H and O–H groups in total. The van der Waals surface area contributed by atoms with Gasteiger partial charge in [-0.3, -0.25) is 9.59 Å². The van der Waals surface area contributed by atoms with Crippen molar-refractivity contribution in [3.63, 3.8) is 0 Å². The van der Waals surface area contributed by atoms with Gasteiger partial charge in [0, 0.05) is 12.5 Å². The molecule has 1 aliphatic carbocycles. The van der Waals surface area contributed by atoms with Gasteiger partial charge < -0.3 is 10.1 Å². The van der Waals surface area contributed by atoms with Gasteiger partial charge in [-0.25, -0.2) is 4.68 Å². The zero-order chi connectivity index (χ0) is 18.2. The van der Waals surface area contributed by atoms with Crippen LogP contribution < -0.4 is 5.32 Å². The maximum atomic E-state index is 12.1. The van der Waals surface area contributed by atoms with Crippen LogP contribution in [0.15, 0.2) is 36.4 Å². The minimum absolute atomic E-state index is 0.309. The molecule has 25 heavy (non-hydrogen) atoms. The topological polar surface area (TPSA) is 73.2 Å². The molecular formula is C17H17Cl2N3O3. The zero-order valence-corrected chi connectivity index (χ0v) is 15.3. The van der Waals surface area contributed by atoms with E-state index in [-0.39, 0.29) is 0 Å². The highest BCUT2D eigenvalue weighted by molar-refractivity contribution is 6.53. The van der Waals surface area contributed by atoms with Crippen LogP contribution in [0.2, 0.25) is 0 Å². The molecule has 1 aromatic heterocycles. The standard InChI is InChI=1S/C17H17Cl2N3O3/c1-11-8-13(22(21-11)12-6-4-3-5-7-12)20-14(23)9-25-15(24)16(2)10-17(16,18)19/h3-8H,9-10H2,1-2H3,(H,20,23)/t16-/m0/s1. The number of amides is 1. The lowest BCUT2D eigenvalue weighted by atomic mass is 10.1. The van der Waals surface area contributed by atoms with E-state index in [9.17, 15) is 9.59 Å². The van der Waals surface area contributed by atoms with Crippen LogP contribution in [0.25, 0.3) is 5.69 Å². The number of aromatic nitrogens is 2. The number of carbonyl (C=O) groups is 2. The lowest BCUT2D eigenvalue weighted by Crippen LogP contribution is -2.27. The summed E-state index contributed by atoms with van der Waals surface area (Å²) in [5, 5.41) is 7.05. The van der Waals surface area contributed by atoms with Crippen LogP contribution in [-0.4, -0.2) is 32.6 Å². The first-order valence-corrected chi connectivity index (χ1v) is 8.45. The van der Waals surface area contributed by atoms with Crippen molar-refractivity contribution in [1.29, 1.82) is 0 Å². The first kappa shape index (κ1) is 17.8. The number of benzene rings is 1. The van der Waals surface area contributed by atoms with E-state index in [1.54, 1.807) is 17.7 Å². The number of hydrogen-bond donors (Lipinski definition) is 1. The molecular weight excluding hydrogens is 365 g/mol. The van der Waals surface area contributed by atoms with E-state index in [1.807, 2.05) is 37.3 Å². The van der Waals surface area contributed by atoms with Gasteiger partial charge in [-0.05, 0) is 26.0 Å². The highest BCUT2D eigenvalue weighted by atomic mass is 35.5. The zero-order valence-electron chi connectivity index (χ0n) is 13.8. The number of rotatable bonds is 5. The Labute approximate surface area is 155 Å². The minimum Gasteiger partial charge on any atom is -0.455 e. The van der Waals surface area contributed by atoms with Crippen molar-refractivity contribution in [3.05, 3.63) is 42.1 Å². The van der Waals surface area contributed by atoms with Crippen molar-refractivity contribution in [2.24, 2.45) is 5.41 Å². The molecule has 1 amide bonds. The van der Waals surface area contributed by atoms with Crippen LogP contribution in [0.5, 0.6) is 0 Å². The predicted molar refractivity (Wildman–Crippen MR) is 95.1 cm³/mol. The first-order valence-electron chi connectivity index (χ1n) is 7.70. The van der Waals surface area contributed by atoms with Gasteiger partial charge in [0.05, 0.1) is 11.4 Å². The van der Waals surface area contributed by atoms with Crippen LogP contribution >= 0.6 is 23.2 Å². The second-order valence-electron chi connectivity index (χ2n) is 6.26. The predicted octanol–water partition coefficient (Wildman–Crippen LogP) is 3.25. The molecule has 0 saturated heterocycles. The number of carbonyl (C=O) groups excluding carboxylic acids is 2. The van der Waals surface area contributed by atoms with Crippen molar-refractivity contribution < 1.29 is 14.3 Å².